The molecule has 0 radical (unpaired) electrons. The number of piperidine rings is 1. The molecule has 0 spiro atoms. The lowest BCUT2D eigenvalue weighted by molar-refractivity contribution is 0.0607. The lowest BCUT2D eigenvalue weighted by Crippen LogP contribution is -2.42. The summed E-state index contributed by atoms with van der Waals surface area (Å²) in [5, 5.41) is 4.32. The van der Waals surface area contributed by atoms with Crippen LogP contribution >= 0.6 is 11.3 Å². The molecule has 1 fully saturated rings. The van der Waals surface area contributed by atoms with Crippen LogP contribution in [-0.4, -0.2) is 44.8 Å². The maximum atomic E-state index is 13.1. The van der Waals surface area contributed by atoms with Gasteiger partial charge in [0, 0.05) is 18.7 Å². The SMILES string of the molecule is COC(=O)c1sccc1NC(=O)c1cccc(S(=O)(=O)N2CC(C)CC(C)C2)c1. The minimum atomic E-state index is -3.69. The molecule has 1 aromatic carbocycles. The molecule has 1 aliphatic heterocycles. The van der Waals surface area contributed by atoms with E-state index in [1.54, 1.807) is 23.6 Å². The molecule has 29 heavy (non-hydrogen) atoms. The summed E-state index contributed by atoms with van der Waals surface area (Å²) in [7, 11) is -2.42. The van der Waals surface area contributed by atoms with E-state index in [0.717, 1.165) is 17.8 Å². The molecule has 1 amide bonds. The topological polar surface area (TPSA) is 92.8 Å². The molecular formula is C20H24N2O5S2. The van der Waals surface area contributed by atoms with Crippen LogP contribution in [0.4, 0.5) is 5.69 Å². The molecule has 1 saturated heterocycles. The molecule has 2 aromatic rings. The number of hydrogen-bond acceptors (Lipinski definition) is 6. The molecule has 2 heterocycles. The molecule has 1 aliphatic rings. The Balaban J connectivity index is 1.83. The standard InChI is InChI=1S/C20H24N2O5S2/c1-13-9-14(2)12-22(11-13)29(25,26)16-6-4-5-15(10-16)19(23)21-17-7-8-28-18(17)20(24)27-3/h4-8,10,13-14H,9,11-12H2,1-3H3,(H,21,23). The Labute approximate surface area is 174 Å². The molecule has 0 aliphatic carbocycles. The number of carbonyl (C=O) groups excluding carboxylic acids is 2. The van der Waals surface area contributed by atoms with Crippen LogP contribution in [0.5, 0.6) is 0 Å². The highest BCUT2D eigenvalue weighted by Gasteiger charge is 2.32. The van der Waals surface area contributed by atoms with Gasteiger partial charge in [0.05, 0.1) is 17.7 Å². The summed E-state index contributed by atoms with van der Waals surface area (Å²) >= 11 is 1.15. The molecule has 0 saturated carbocycles. The number of thiophene rings is 1. The van der Waals surface area contributed by atoms with Crippen molar-refractivity contribution in [3.8, 4) is 0 Å². The Morgan fingerprint density at radius 1 is 1.17 bits per heavy atom. The number of benzene rings is 1. The van der Waals surface area contributed by atoms with Crippen molar-refractivity contribution >= 4 is 38.9 Å². The number of nitrogens with zero attached hydrogens (tertiary/aromatic N) is 1. The highest BCUT2D eigenvalue weighted by molar-refractivity contribution is 7.89. The molecular weight excluding hydrogens is 412 g/mol. The molecule has 0 bridgehead atoms. The number of rotatable bonds is 5. The van der Waals surface area contributed by atoms with Gasteiger partial charge in [-0.1, -0.05) is 19.9 Å². The van der Waals surface area contributed by atoms with Gasteiger partial charge in [-0.3, -0.25) is 4.79 Å². The fourth-order valence-corrected chi connectivity index (χ4v) is 6.09. The summed E-state index contributed by atoms with van der Waals surface area (Å²) in [6.45, 7) is 5.03. The van der Waals surface area contributed by atoms with Crippen LogP contribution in [0.3, 0.4) is 0 Å². The van der Waals surface area contributed by atoms with Crippen molar-refractivity contribution in [3.63, 3.8) is 0 Å². The fraction of sp³-hybridized carbons (Fsp3) is 0.400. The third-order valence-electron chi connectivity index (χ3n) is 4.85. The van der Waals surface area contributed by atoms with Crippen molar-refractivity contribution in [3.05, 3.63) is 46.2 Å². The van der Waals surface area contributed by atoms with Gasteiger partial charge in [0.25, 0.3) is 5.91 Å². The Morgan fingerprint density at radius 2 is 1.86 bits per heavy atom. The monoisotopic (exact) mass is 436 g/mol. The van der Waals surface area contributed by atoms with Gasteiger partial charge in [0.15, 0.2) is 0 Å². The van der Waals surface area contributed by atoms with E-state index < -0.39 is 21.9 Å². The second-order valence-corrected chi connectivity index (χ2v) is 10.3. The van der Waals surface area contributed by atoms with Crippen molar-refractivity contribution < 1.29 is 22.7 Å². The first kappa shape index (κ1) is 21.5. The highest BCUT2D eigenvalue weighted by Crippen LogP contribution is 2.28. The summed E-state index contributed by atoms with van der Waals surface area (Å²) < 4.78 is 32.4. The number of hydrogen-bond donors (Lipinski definition) is 1. The van der Waals surface area contributed by atoms with Crippen molar-refractivity contribution in [2.75, 3.05) is 25.5 Å². The van der Waals surface area contributed by atoms with Gasteiger partial charge in [-0.15, -0.1) is 11.3 Å². The predicted octanol–water partition coefficient (Wildman–Crippen LogP) is 3.45. The zero-order valence-electron chi connectivity index (χ0n) is 16.5. The molecule has 3 rings (SSSR count). The maximum Gasteiger partial charge on any atom is 0.350 e. The van der Waals surface area contributed by atoms with Crippen LogP contribution in [0.2, 0.25) is 0 Å². The first-order chi connectivity index (χ1) is 13.7. The minimum Gasteiger partial charge on any atom is -0.465 e. The molecule has 1 aromatic heterocycles. The molecule has 7 nitrogen and oxygen atoms in total. The second kappa shape index (κ2) is 8.64. The number of ether oxygens (including phenoxy) is 1. The summed E-state index contributed by atoms with van der Waals surface area (Å²) in [5.41, 5.74) is 0.532. The first-order valence-corrected chi connectivity index (χ1v) is 11.6. The maximum absolute atomic E-state index is 13.1. The van der Waals surface area contributed by atoms with Crippen molar-refractivity contribution in [2.24, 2.45) is 11.8 Å². The van der Waals surface area contributed by atoms with Gasteiger partial charge in [-0.05, 0) is 47.9 Å². The smallest absolute Gasteiger partial charge is 0.350 e. The first-order valence-electron chi connectivity index (χ1n) is 9.29. The van der Waals surface area contributed by atoms with E-state index in [2.05, 4.69) is 5.32 Å². The average Bonchev–Trinajstić information content (AvgIpc) is 3.14. The quantitative estimate of drug-likeness (QED) is 0.725. The molecule has 2 atom stereocenters. The van der Waals surface area contributed by atoms with Crippen LogP contribution in [0, 0.1) is 11.8 Å². The van der Waals surface area contributed by atoms with Gasteiger partial charge in [0.2, 0.25) is 10.0 Å². The number of sulfonamides is 1. The van der Waals surface area contributed by atoms with Crippen molar-refractivity contribution in [1.29, 1.82) is 0 Å². The Bertz CT molecular complexity index is 1010. The number of amides is 1. The number of methoxy groups -OCH3 is 1. The van der Waals surface area contributed by atoms with Crippen LogP contribution < -0.4 is 5.32 Å². The fourth-order valence-electron chi connectivity index (χ4n) is 3.60. The van der Waals surface area contributed by atoms with Crippen LogP contribution in [0.1, 0.15) is 40.3 Å². The summed E-state index contributed by atoms with van der Waals surface area (Å²) in [4.78, 5) is 24.8. The number of carbonyl (C=O) groups is 2. The molecule has 156 valence electrons. The normalized spacial score (nSPS) is 20.2. The minimum absolute atomic E-state index is 0.0879. The van der Waals surface area contributed by atoms with Crippen LogP contribution in [0.15, 0.2) is 40.6 Å². The Kier molecular flexibility index (Phi) is 6.40. The third kappa shape index (κ3) is 4.68. The zero-order valence-corrected chi connectivity index (χ0v) is 18.2. The Hall–Kier alpha value is -2.23. The van der Waals surface area contributed by atoms with E-state index in [9.17, 15) is 18.0 Å². The van der Waals surface area contributed by atoms with Crippen molar-refractivity contribution in [1.82, 2.24) is 4.31 Å². The van der Waals surface area contributed by atoms with Crippen LogP contribution in [0.25, 0.3) is 0 Å². The summed E-state index contributed by atoms with van der Waals surface area (Å²) in [6.07, 6.45) is 0.998. The van der Waals surface area contributed by atoms with Crippen molar-refractivity contribution in [2.45, 2.75) is 25.2 Å². The van der Waals surface area contributed by atoms with E-state index in [-0.39, 0.29) is 27.2 Å². The van der Waals surface area contributed by atoms with Crippen LogP contribution in [-0.2, 0) is 14.8 Å². The van der Waals surface area contributed by atoms with E-state index in [4.69, 9.17) is 4.74 Å². The lowest BCUT2D eigenvalue weighted by atomic mass is 9.94. The highest BCUT2D eigenvalue weighted by atomic mass is 32.2. The molecule has 1 N–H and O–H groups in total. The lowest BCUT2D eigenvalue weighted by Gasteiger charge is -2.34. The van der Waals surface area contributed by atoms with E-state index in [1.165, 1.54) is 23.5 Å². The number of anilines is 1. The van der Waals surface area contributed by atoms with Gasteiger partial charge < -0.3 is 10.1 Å². The second-order valence-electron chi connectivity index (χ2n) is 7.41. The average molecular weight is 437 g/mol. The van der Waals surface area contributed by atoms with E-state index in [0.29, 0.717) is 18.8 Å². The summed E-state index contributed by atoms with van der Waals surface area (Å²) in [6, 6.07) is 7.57. The Morgan fingerprint density at radius 3 is 2.52 bits per heavy atom. The number of esters is 1. The van der Waals surface area contributed by atoms with E-state index >= 15 is 0 Å². The van der Waals surface area contributed by atoms with Gasteiger partial charge in [-0.2, -0.15) is 4.31 Å². The van der Waals surface area contributed by atoms with Gasteiger partial charge in [-0.25, -0.2) is 13.2 Å². The predicted molar refractivity (Wildman–Crippen MR) is 112 cm³/mol. The van der Waals surface area contributed by atoms with Gasteiger partial charge >= 0.3 is 5.97 Å². The molecule has 9 heteroatoms. The zero-order chi connectivity index (χ0) is 21.2. The summed E-state index contributed by atoms with van der Waals surface area (Å²) in [5.74, 6) is -0.461. The van der Waals surface area contributed by atoms with E-state index in [1.807, 2.05) is 13.8 Å². The molecule has 2 unspecified atom stereocenters. The number of nitrogens with one attached hydrogen (secondary N) is 1. The van der Waals surface area contributed by atoms with Gasteiger partial charge in [0.1, 0.15) is 4.88 Å². The third-order valence-corrected chi connectivity index (χ3v) is 7.58. The largest absolute Gasteiger partial charge is 0.465 e.